The number of anilines is 1. The highest BCUT2D eigenvalue weighted by atomic mass is 16.1. The van der Waals surface area contributed by atoms with Gasteiger partial charge in [0.05, 0.1) is 11.7 Å². The largest absolute Gasteiger partial charge is 0.361 e. The maximum Gasteiger partial charge on any atom is 0.361 e. The molecule has 0 atom stereocenters. The van der Waals surface area contributed by atoms with Crippen LogP contribution in [0, 0.1) is 0 Å². The molecule has 9 nitrogen and oxygen atoms in total. The first-order chi connectivity index (χ1) is 13.6. The molecule has 1 aromatic carbocycles. The molecule has 2 N–H and O–H groups in total. The van der Waals surface area contributed by atoms with Crippen LogP contribution < -0.4 is 11.0 Å². The average molecular weight is 373 g/mol. The second kappa shape index (κ2) is 7.23. The van der Waals surface area contributed by atoms with Gasteiger partial charge in [0.25, 0.3) is 0 Å². The smallest absolute Gasteiger partial charge is 0.322 e. The molecule has 0 aliphatic rings. The zero-order valence-corrected chi connectivity index (χ0v) is 14.8. The van der Waals surface area contributed by atoms with E-state index in [1.54, 1.807) is 47.5 Å². The third-order valence-electron chi connectivity index (χ3n) is 4.02. The minimum atomic E-state index is -0.520. The fourth-order valence-electron chi connectivity index (χ4n) is 2.74. The highest BCUT2D eigenvalue weighted by Crippen LogP contribution is 2.23. The van der Waals surface area contributed by atoms with Crippen LogP contribution in [0.5, 0.6) is 0 Å². The summed E-state index contributed by atoms with van der Waals surface area (Å²) < 4.78 is 1.71. The topological polar surface area (TPSA) is 118 Å². The summed E-state index contributed by atoms with van der Waals surface area (Å²) in [5.74, 6) is -0.308. The number of carbonyl (C=O) groups is 1. The first-order valence-corrected chi connectivity index (χ1v) is 8.37. The van der Waals surface area contributed by atoms with E-state index < -0.39 is 5.69 Å². The highest BCUT2D eigenvalue weighted by Gasteiger charge is 2.06. The maximum absolute atomic E-state index is 12.3. The Balaban J connectivity index is 1.54. The molecule has 0 fully saturated rings. The average Bonchev–Trinajstić information content (AvgIpc) is 3.13. The molecule has 28 heavy (non-hydrogen) atoms. The Labute approximate surface area is 158 Å². The number of carbonyl (C=O) groups excluding carboxylic acids is 1. The van der Waals surface area contributed by atoms with Gasteiger partial charge in [-0.05, 0) is 35.9 Å². The number of aryl methyl sites for hydroxylation is 1. The molecule has 1 amide bonds. The van der Waals surface area contributed by atoms with Crippen molar-refractivity contribution in [2.24, 2.45) is 7.05 Å². The third-order valence-corrected chi connectivity index (χ3v) is 4.02. The number of pyridine rings is 1. The summed E-state index contributed by atoms with van der Waals surface area (Å²) >= 11 is 0. The number of nitrogens with zero attached hydrogens (tertiary/aromatic N) is 5. The van der Waals surface area contributed by atoms with Gasteiger partial charge < -0.3 is 5.32 Å². The molecule has 0 bridgehead atoms. The second-order valence-corrected chi connectivity index (χ2v) is 6.03. The zero-order valence-electron chi connectivity index (χ0n) is 14.8. The van der Waals surface area contributed by atoms with Crippen LogP contribution in [-0.4, -0.2) is 35.9 Å². The molecule has 0 radical (unpaired) electrons. The molecule has 9 heteroatoms. The first kappa shape index (κ1) is 17.3. The number of fused-ring (bicyclic) bond motifs is 1. The summed E-state index contributed by atoms with van der Waals surface area (Å²) in [6.07, 6.45) is 10.2. The molecule has 4 aromatic rings. The number of aromatic amines is 1. The van der Waals surface area contributed by atoms with Gasteiger partial charge in [-0.2, -0.15) is 15.2 Å². The summed E-state index contributed by atoms with van der Waals surface area (Å²) in [6.45, 7) is 0. The van der Waals surface area contributed by atoms with E-state index in [9.17, 15) is 9.59 Å². The Kier molecular flexibility index (Phi) is 4.47. The Morgan fingerprint density at radius 2 is 2.11 bits per heavy atom. The number of H-pyrrole nitrogens is 1. The third kappa shape index (κ3) is 3.68. The molecule has 3 aromatic heterocycles. The fraction of sp³-hybridized carbons (Fsp3) is 0.0526. The van der Waals surface area contributed by atoms with Crippen LogP contribution in [0.15, 0.2) is 59.9 Å². The molecule has 4 rings (SSSR count). The van der Waals surface area contributed by atoms with Crippen LogP contribution in [0.2, 0.25) is 0 Å². The molecule has 0 spiro atoms. The van der Waals surface area contributed by atoms with Gasteiger partial charge in [-0.3, -0.25) is 14.5 Å². The predicted octanol–water partition coefficient (Wildman–Crippen LogP) is 1.77. The zero-order chi connectivity index (χ0) is 19.5. The van der Waals surface area contributed by atoms with Crippen LogP contribution in [0.25, 0.3) is 28.2 Å². The summed E-state index contributed by atoms with van der Waals surface area (Å²) in [7, 11) is 1.84. The molecule has 138 valence electrons. The van der Waals surface area contributed by atoms with Crippen LogP contribution in [-0.2, 0) is 11.8 Å². The Hall–Kier alpha value is -4.14. The molecular formula is C19H15N7O2. The standard InChI is InChI=1S/C19H15N7O2/c1-26-11-13(10-21-26)15-6-7-20-9-12(15)2-5-18(27)22-14-3-4-16-17(8-14)24-25-19(28)23-16/h2-11H,1H3,(H,22,27)(H,23,25,28)/b5-2+. The number of nitrogens with one attached hydrogen (secondary N) is 2. The lowest BCUT2D eigenvalue weighted by Gasteiger charge is -2.04. The van der Waals surface area contributed by atoms with Gasteiger partial charge in [-0.15, -0.1) is 0 Å². The summed E-state index contributed by atoms with van der Waals surface area (Å²) in [4.78, 5) is 31.4. The summed E-state index contributed by atoms with van der Waals surface area (Å²) in [6, 6.07) is 6.79. The quantitative estimate of drug-likeness (QED) is 0.526. The maximum atomic E-state index is 12.3. The second-order valence-electron chi connectivity index (χ2n) is 6.03. The molecule has 0 unspecified atom stereocenters. The van der Waals surface area contributed by atoms with Crippen LogP contribution in [0.1, 0.15) is 5.56 Å². The van der Waals surface area contributed by atoms with Gasteiger partial charge in [-0.1, -0.05) is 0 Å². The van der Waals surface area contributed by atoms with E-state index in [0.29, 0.717) is 16.7 Å². The lowest BCUT2D eigenvalue weighted by atomic mass is 10.0. The lowest BCUT2D eigenvalue weighted by Crippen LogP contribution is -2.12. The van der Waals surface area contributed by atoms with Crippen molar-refractivity contribution in [3.8, 4) is 11.1 Å². The lowest BCUT2D eigenvalue weighted by molar-refractivity contribution is -0.111. The number of rotatable bonds is 4. The number of hydrogen-bond donors (Lipinski definition) is 2. The van der Waals surface area contributed by atoms with Gasteiger partial charge in [-0.25, -0.2) is 9.89 Å². The fourth-order valence-corrected chi connectivity index (χ4v) is 2.74. The van der Waals surface area contributed by atoms with E-state index in [1.165, 1.54) is 6.08 Å². The van der Waals surface area contributed by atoms with Gasteiger partial charge >= 0.3 is 5.69 Å². The van der Waals surface area contributed by atoms with E-state index >= 15 is 0 Å². The number of amides is 1. The first-order valence-electron chi connectivity index (χ1n) is 8.37. The SMILES string of the molecule is Cn1cc(-c2ccncc2/C=C/C(=O)Nc2ccc3nc(=O)[nH]nc3c2)cn1. The predicted molar refractivity (Wildman–Crippen MR) is 104 cm³/mol. The van der Waals surface area contributed by atoms with Gasteiger partial charge in [0.2, 0.25) is 5.91 Å². The van der Waals surface area contributed by atoms with Crippen molar-refractivity contribution in [2.75, 3.05) is 5.32 Å². The Bertz CT molecular complexity index is 1260. The number of benzene rings is 1. The normalized spacial score (nSPS) is 11.2. The highest BCUT2D eigenvalue weighted by molar-refractivity contribution is 6.03. The van der Waals surface area contributed by atoms with Crippen molar-refractivity contribution < 1.29 is 4.79 Å². The molecule has 3 heterocycles. The van der Waals surface area contributed by atoms with Crippen molar-refractivity contribution in [3.05, 3.63) is 71.2 Å². The Morgan fingerprint density at radius 3 is 2.93 bits per heavy atom. The number of hydrogen-bond acceptors (Lipinski definition) is 6. The molecule has 0 aliphatic heterocycles. The van der Waals surface area contributed by atoms with Crippen molar-refractivity contribution in [2.45, 2.75) is 0 Å². The van der Waals surface area contributed by atoms with Crippen LogP contribution >= 0.6 is 0 Å². The van der Waals surface area contributed by atoms with E-state index in [4.69, 9.17) is 0 Å². The van der Waals surface area contributed by atoms with E-state index in [1.807, 2.05) is 19.3 Å². The Morgan fingerprint density at radius 1 is 1.21 bits per heavy atom. The molecule has 0 aliphatic carbocycles. The van der Waals surface area contributed by atoms with Crippen molar-refractivity contribution in [3.63, 3.8) is 0 Å². The van der Waals surface area contributed by atoms with Gasteiger partial charge in [0.1, 0.15) is 5.52 Å². The number of aromatic nitrogens is 6. The van der Waals surface area contributed by atoms with Gasteiger partial charge in [0.15, 0.2) is 0 Å². The molecule has 0 saturated heterocycles. The van der Waals surface area contributed by atoms with Crippen molar-refractivity contribution in [1.82, 2.24) is 29.9 Å². The minimum absolute atomic E-state index is 0.308. The van der Waals surface area contributed by atoms with Crippen molar-refractivity contribution >= 4 is 28.7 Å². The minimum Gasteiger partial charge on any atom is -0.322 e. The summed E-state index contributed by atoms with van der Waals surface area (Å²) in [5.41, 5.74) is 3.62. The summed E-state index contributed by atoms with van der Waals surface area (Å²) in [5, 5.41) is 13.1. The van der Waals surface area contributed by atoms with Gasteiger partial charge in [0, 0.05) is 48.5 Å². The van der Waals surface area contributed by atoms with E-state index in [0.717, 1.165) is 16.7 Å². The van der Waals surface area contributed by atoms with Crippen LogP contribution in [0.3, 0.4) is 0 Å². The van der Waals surface area contributed by atoms with Crippen molar-refractivity contribution in [1.29, 1.82) is 0 Å². The molecular weight excluding hydrogens is 358 g/mol. The molecule has 0 saturated carbocycles. The van der Waals surface area contributed by atoms with E-state index in [-0.39, 0.29) is 5.91 Å². The monoisotopic (exact) mass is 373 g/mol. The van der Waals surface area contributed by atoms with Crippen LogP contribution in [0.4, 0.5) is 5.69 Å². The van der Waals surface area contributed by atoms with E-state index in [2.05, 4.69) is 30.6 Å².